The summed E-state index contributed by atoms with van der Waals surface area (Å²) in [7, 11) is 1.84. The fraction of sp³-hybridized carbons (Fsp3) is 0.375. The third kappa shape index (κ3) is 4.56. The van der Waals surface area contributed by atoms with Gasteiger partial charge in [-0.25, -0.2) is 4.98 Å². The summed E-state index contributed by atoms with van der Waals surface area (Å²) in [6, 6.07) is 8.28. The lowest BCUT2D eigenvalue weighted by atomic mass is 9.77. The normalized spacial score (nSPS) is 14.1. The molecule has 3 heterocycles. The molecule has 0 N–H and O–H groups in total. The lowest BCUT2D eigenvalue weighted by molar-refractivity contribution is 0.235. The van der Waals surface area contributed by atoms with E-state index in [4.69, 9.17) is 4.98 Å². The van der Waals surface area contributed by atoms with Crippen molar-refractivity contribution in [3.63, 3.8) is 0 Å². The van der Waals surface area contributed by atoms with Crippen molar-refractivity contribution in [1.82, 2.24) is 9.97 Å². The van der Waals surface area contributed by atoms with Gasteiger partial charge < -0.3 is 0 Å². The van der Waals surface area contributed by atoms with Crippen LogP contribution in [0.2, 0.25) is 0 Å². The summed E-state index contributed by atoms with van der Waals surface area (Å²) in [6.45, 7) is 9.22. The number of nitrogens with zero attached hydrogens (tertiary/aromatic N) is 3. The highest BCUT2D eigenvalue weighted by Gasteiger charge is 2.21. The molecule has 0 aliphatic heterocycles. The van der Waals surface area contributed by atoms with Crippen LogP contribution < -0.4 is 0 Å². The maximum absolute atomic E-state index is 4.96. The van der Waals surface area contributed by atoms with Crippen LogP contribution in [-0.2, 0) is 0 Å². The molecule has 1 unspecified atom stereocenters. The van der Waals surface area contributed by atoms with E-state index < -0.39 is 0 Å². The third-order valence-electron chi connectivity index (χ3n) is 5.33. The third-order valence-corrected chi connectivity index (χ3v) is 6.26. The van der Waals surface area contributed by atoms with Gasteiger partial charge in [-0.3, -0.25) is 9.98 Å². The van der Waals surface area contributed by atoms with Crippen LogP contribution in [0.1, 0.15) is 46.2 Å². The van der Waals surface area contributed by atoms with E-state index in [1.165, 1.54) is 11.1 Å². The fourth-order valence-corrected chi connectivity index (χ4v) is 4.45. The number of aliphatic imine (C=N–C) groups is 1. The molecule has 1 atom stereocenters. The maximum Gasteiger partial charge on any atom is 0.0896 e. The first-order valence-electron chi connectivity index (χ1n) is 9.86. The predicted octanol–water partition coefficient (Wildman–Crippen LogP) is 6.80. The van der Waals surface area contributed by atoms with Crippen LogP contribution in [0.3, 0.4) is 0 Å². The summed E-state index contributed by atoms with van der Waals surface area (Å²) >= 11 is 1.72. The quantitative estimate of drug-likeness (QED) is 0.434. The lowest BCUT2D eigenvalue weighted by Crippen LogP contribution is -2.19. The average molecular weight is 392 g/mol. The van der Waals surface area contributed by atoms with Crippen LogP contribution in [0.5, 0.6) is 0 Å². The molecular formula is C24H29N3S. The molecule has 0 saturated carbocycles. The Morgan fingerprint density at radius 3 is 2.57 bits per heavy atom. The Kier molecular flexibility index (Phi) is 6.40. The SMILES string of the molecule is CCC(C/C=C\C(=NC)c1ccc2scc(-c3ccncc3)c2n1)C(C)(C)C. The number of allylic oxidation sites excluding steroid dienone is 2. The van der Waals surface area contributed by atoms with Crippen molar-refractivity contribution in [1.29, 1.82) is 0 Å². The van der Waals surface area contributed by atoms with Crippen LogP contribution in [0.15, 0.2) is 59.2 Å². The topological polar surface area (TPSA) is 38.1 Å². The fourth-order valence-electron chi connectivity index (χ4n) is 3.54. The molecule has 3 nitrogen and oxygen atoms in total. The molecule has 0 aliphatic carbocycles. The number of hydrogen-bond acceptors (Lipinski definition) is 4. The molecule has 4 heteroatoms. The number of fused-ring (bicyclic) bond motifs is 1. The van der Waals surface area contributed by atoms with Gasteiger partial charge >= 0.3 is 0 Å². The largest absolute Gasteiger partial charge is 0.286 e. The molecule has 0 radical (unpaired) electrons. The molecule has 0 bridgehead atoms. The molecule has 0 aromatic carbocycles. The van der Waals surface area contributed by atoms with Gasteiger partial charge in [0.2, 0.25) is 0 Å². The van der Waals surface area contributed by atoms with E-state index in [1.807, 2.05) is 31.6 Å². The average Bonchev–Trinajstić information content (AvgIpc) is 3.11. The van der Waals surface area contributed by atoms with Gasteiger partial charge in [-0.05, 0) is 53.7 Å². The van der Waals surface area contributed by atoms with Gasteiger partial charge in [-0.1, -0.05) is 40.2 Å². The van der Waals surface area contributed by atoms with Crippen molar-refractivity contribution in [2.45, 2.75) is 40.5 Å². The summed E-state index contributed by atoms with van der Waals surface area (Å²) in [6.07, 6.45) is 10.3. The predicted molar refractivity (Wildman–Crippen MR) is 122 cm³/mol. The maximum atomic E-state index is 4.96. The number of hydrogen-bond donors (Lipinski definition) is 0. The Morgan fingerprint density at radius 2 is 1.93 bits per heavy atom. The zero-order valence-electron chi connectivity index (χ0n) is 17.4. The molecule has 3 aromatic rings. The summed E-state index contributed by atoms with van der Waals surface area (Å²) in [4.78, 5) is 13.6. The zero-order valence-corrected chi connectivity index (χ0v) is 18.3. The van der Waals surface area contributed by atoms with Crippen LogP contribution in [0.25, 0.3) is 21.3 Å². The van der Waals surface area contributed by atoms with Gasteiger partial charge in [-0.2, -0.15) is 0 Å². The minimum absolute atomic E-state index is 0.315. The zero-order chi connectivity index (χ0) is 20.1. The van der Waals surface area contributed by atoms with Gasteiger partial charge in [0.05, 0.1) is 21.6 Å². The Labute approximate surface area is 172 Å². The Balaban J connectivity index is 1.88. The van der Waals surface area contributed by atoms with Gasteiger partial charge in [0.25, 0.3) is 0 Å². The first kappa shape index (κ1) is 20.4. The minimum atomic E-state index is 0.315. The molecule has 0 spiro atoms. The summed E-state index contributed by atoms with van der Waals surface area (Å²) < 4.78 is 1.19. The van der Waals surface area contributed by atoms with Gasteiger partial charge in [0, 0.05) is 30.4 Å². The second-order valence-corrected chi connectivity index (χ2v) is 9.06. The van der Waals surface area contributed by atoms with Gasteiger partial charge in [0.1, 0.15) is 0 Å². The summed E-state index contributed by atoms with van der Waals surface area (Å²) in [5.74, 6) is 0.660. The van der Waals surface area contributed by atoms with E-state index in [9.17, 15) is 0 Å². The van der Waals surface area contributed by atoms with E-state index in [2.05, 4.69) is 67.3 Å². The summed E-state index contributed by atoms with van der Waals surface area (Å²) in [5, 5.41) is 2.17. The molecule has 0 amide bonds. The summed E-state index contributed by atoms with van der Waals surface area (Å²) in [5.41, 5.74) is 5.50. The number of aromatic nitrogens is 2. The molecule has 146 valence electrons. The highest BCUT2D eigenvalue weighted by Crippen LogP contribution is 2.33. The standard InChI is InChI=1S/C24H29N3S/c1-6-18(24(2,3)4)8-7-9-20(25-5)21-10-11-22-23(27-21)19(16-28-22)17-12-14-26-15-13-17/h7,9-16,18H,6,8H2,1-5H3/b9-7-,25-20?. The van der Waals surface area contributed by atoms with Crippen molar-refractivity contribution in [3.8, 4) is 11.1 Å². The molecular weight excluding hydrogens is 362 g/mol. The molecule has 0 aliphatic rings. The minimum Gasteiger partial charge on any atom is -0.286 e. The van der Waals surface area contributed by atoms with Crippen molar-refractivity contribution in [2.24, 2.45) is 16.3 Å². The molecule has 3 aromatic heterocycles. The number of rotatable bonds is 6. The number of pyridine rings is 2. The number of thiophene rings is 1. The van der Waals surface area contributed by atoms with Gasteiger partial charge in [0.15, 0.2) is 0 Å². The first-order valence-corrected chi connectivity index (χ1v) is 10.7. The van der Waals surface area contributed by atoms with Crippen molar-refractivity contribution in [3.05, 3.63) is 59.9 Å². The van der Waals surface area contributed by atoms with E-state index in [0.717, 1.165) is 34.5 Å². The van der Waals surface area contributed by atoms with E-state index in [0.29, 0.717) is 11.3 Å². The highest BCUT2D eigenvalue weighted by molar-refractivity contribution is 7.17. The van der Waals surface area contributed by atoms with Crippen molar-refractivity contribution in [2.75, 3.05) is 7.05 Å². The molecule has 3 rings (SSSR count). The van der Waals surface area contributed by atoms with Gasteiger partial charge in [-0.15, -0.1) is 11.3 Å². The van der Waals surface area contributed by atoms with Crippen LogP contribution >= 0.6 is 11.3 Å². The van der Waals surface area contributed by atoms with E-state index >= 15 is 0 Å². The molecule has 0 fully saturated rings. The van der Waals surface area contributed by atoms with Crippen molar-refractivity contribution < 1.29 is 0 Å². The Morgan fingerprint density at radius 1 is 1.18 bits per heavy atom. The van der Waals surface area contributed by atoms with Crippen LogP contribution in [0, 0.1) is 11.3 Å². The first-order chi connectivity index (χ1) is 13.4. The van der Waals surface area contributed by atoms with E-state index in [1.54, 1.807) is 11.3 Å². The van der Waals surface area contributed by atoms with Crippen LogP contribution in [-0.4, -0.2) is 22.7 Å². The highest BCUT2D eigenvalue weighted by atomic mass is 32.1. The van der Waals surface area contributed by atoms with Crippen LogP contribution in [0.4, 0.5) is 0 Å². The molecule has 0 saturated heterocycles. The smallest absolute Gasteiger partial charge is 0.0896 e. The lowest BCUT2D eigenvalue weighted by Gasteiger charge is -2.28. The Hall–Kier alpha value is -2.33. The second-order valence-electron chi connectivity index (χ2n) is 8.15. The van der Waals surface area contributed by atoms with Crippen molar-refractivity contribution >= 4 is 27.3 Å². The van der Waals surface area contributed by atoms with E-state index in [-0.39, 0.29) is 0 Å². The monoisotopic (exact) mass is 391 g/mol. The Bertz CT molecular complexity index is 978. The molecule has 28 heavy (non-hydrogen) atoms. The second kappa shape index (κ2) is 8.78.